The van der Waals surface area contributed by atoms with Crippen LogP contribution in [0.25, 0.3) is 10.9 Å². The van der Waals surface area contributed by atoms with Gasteiger partial charge < -0.3 is 24.4 Å². The number of aliphatic carboxylic acids is 2. The lowest BCUT2D eigenvalue weighted by molar-refractivity contribution is -0.134. The van der Waals surface area contributed by atoms with Crippen LogP contribution in [0.5, 0.6) is 5.75 Å². The largest absolute Gasteiger partial charge is 0.497 e. The number of para-hydroxylation sites is 1. The van der Waals surface area contributed by atoms with Crippen LogP contribution in [0, 0.1) is 6.92 Å². The molecule has 0 amide bonds. The topological polar surface area (TPSA) is 109 Å². The molecule has 0 atom stereocenters. The smallest absolute Gasteiger partial charge is 0.328 e. The molecule has 1 fully saturated rings. The van der Waals surface area contributed by atoms with Crippen molar-refractivity contribution in [3.63, 3.8) is 0 Å². The molecule has 0 spiro atoms. The molecule has 1 aliphatic heterocycles. The van der Waals surface area contributed by atoms with E-state index in [4.69, 9.17) is 14.9 Å². The summed E-state index contributed by atoms with van der Waals surface area (Å²) < 4.78 is 7.54. The maximum Gasteiger partial charge on any atom is 0.328 e. The van der Waals surface area contributed by atoms with Crippen LogP contribution < -0.4 is 4.74 Å². The number of carboxylic acids is 2. The Morgan fingerprint density at radius 1 is 0.970 bits per heavy atom. The fourth-order valence-electron chi connectivity index (χ4n) is 4.01. The van der Waals surface area contributed by atoms with Gasteiger partial charge in [-0.15, -0.1) is 0 Å². The molecule has 2 N–H and O–H groups in total. The first-order valence-electron chi connectivity index (χ1n) is 10.3. The summed E-state index contributed by atoms with van der Waals surface area (Å²) >= 11 is 0. The molecule has 1 aromatic heterocycles. The monoisotopic (exact) mass is 450 g/mol. The van der Waals surface area contributed by atoms with Gasteiger partial charge in [-0.25, -0.2) is 9.59 Å². The zero-order valence-corrected chi connectivity index (χ0v) is 18.7. The number of fused-ring (bicyclic) bond motifs is 1. The third kappa shape index (κ3) is 5.30. The lowest BCUT2D eigenvalue weighted by atomic mass is 10.0. The second-order valence-corrected chi connectivity index (χ2v) is 7.79. The van der Waals surface area contributed by atoms with Gasteiger partial charge in [0.2, 0.25) is 0 Å². The van der Waals surface area contributed by atoms with E-state index in [2.05, 4.69) is 35.6 Å². The van der Waals surface area contributed by atoms with Crippen LogP contribution >= 0.6 is 0 Å². The summed E-state index contributed by atoms with van der Waals surface area (Å²) in [5, 5.41) is 16.7. The van der Waals surface area contributed by atoms with E-state index in [0.717, 1.165) is 41.0 Å². The summed E-state index contributed by atoms with van der Waals surface area (Å²) in [6, 6.07) is 16.0. The van der Waals surface area contributed by atoms with E-state index >= 15 is 0 Å². The number of methoxy groups -OCH3 is 1. The third-order valence-corrected chi connectivity index (χ3v) is 5.51. The molecule has 0 aliphatic carbocycles. The van der Waals surface area contributed by atoms with Crippen LogP contribution in [0.3, 0.4) is 0 Å². The molecule has 0 bridgehead atoms. The minimum atomic E-state index is -1.26. The molecular weight excluding hydrogens is 424 g/mol. The first-order chi connectivity index (χ1) is 15.7. The van der Waals surface area contributed by atoms with Gasteiger partial charge in [-0.1, -0.05) is 18.2 Å². The standard InChI is InChI=1S/C21H22N2O2.C4H4O4/c1-14-20(21(24)15-8-10-17(25-3)11-9-15)18-6-4-5-7-19(18)23(14)16-12-22(2)13-16;5-3(6)1-2-4(7)8/h4-11,16H,12-13H2,1-3H3;1-2H,(H,5,6)(H,7,8)/b;2-1-. The van der Waals surface area contributed by atoms with Crippen molar-refractivity contribution in [2.24, 2.45) is 0 Å². The number of ketones is 1. The van der Waals surface area contributed by atoms with E-state index in [0.29, 0.717) is 23.8 Å². The molecule has 1 aliphatic rings. The summed E-state index contributed by atoms with van der Waals surface area (Å²) in [5.41, 5.74) is 3.71. The molecular formula is C25H26N2O6. The van der Waals surface area contributed by atoms with Gasteiger partial charge >= 0.3 is 11.9 Å². The second-order valence-electron chi connectivity index (χ2n) is 7.79. The third-order valence-electron chi connectivity index (χ3n) is 5.51. The van der Waals surface area contributed by atoms with Crippen molar-refractivity contribution < 1.29 is 29.3 Å². The minimum absolute atomic E-state index is 0.0720. The zero-order valence-electron chi connectivity index (χ0n) is 18.7. The van der Waals surface area contributed by atoms with Crippen LogP contribution in [0.2, 0.25) is 0 Å². The number of likely N-dealkylation sites (N-methyl/N-ethyl adjacent to an activating group) is 1. The molecule has 0 unspecified atom stereocenters. The molecule has 8 nitrogen and oxygen atoms in total. The first kappa shape index (κ1) is 23.7. The number of hydrogen-bond acceptors (Lipinski definition) is 5. The maximum absolute atomic E-state index is 13.2. The van der Waals surface area contributed by atoms with Gasteiger partial charge in [-0.2, -0.15) is 0 Å². The van der Waals surface area contributed by atoms with Crippen LogP contribution in [0.1, 0.15) is 27.7 Å². The van der Waals surface area contributed by atoms with Crippen molar-refractivity contribution >= 4 is 28.6 Å². The Kier molecular flexibility index (Phi) is 7.30. The Morgan fingerprint density at radius 2 is 1.55 bits per heavy atom. The Bertz CT molecular complexity index is 1190. The predicted octanol–water partition coefficient (Wildman–Crippen LogP) is 3.39. The van der Waals surface area contributed by atoms with Crippen molar-refractivity contribution in [2.45, 2.75) is 13.0 Å². The number of ether oxygens (including phenoxy) is 1. The lowest BCUT2D eigenvalue weighted by Gasteiger charge is -2.38. The average molecular weight is 450 g/mol. The van der Waals surface area contributed by atoms with Crippen LogP contribution in [0.4, 0.5) is 0 Å². The molecule has 1 saturated heterocycles. The fraction of sp³-hybridized carbons (Fsp3) is 0.240. The van der Waals surface area contributed by atoms with E-state index in [1.54, 1.807) is 7.11 Å². The molecule has 2 aromatic carbocycles. The van der Waals surface area contributed by atoms with E-state index in [-0.39, 0.29) is 5.78 Å². The van der Waals surface area contributed by atoms with Gasteiger partial charge in [0.05, 0.1) is 18.7 Å². The van der Waals surface area contributed by atoms with Crippen molar-refractivity contribution in [1.29, 1.82) is 0 Å². The SMILES string of the molecule is COc1ccc(C(=O)c2c(C)n(C3CN(C)C3)c3ccccc23)cc1.O=C(O)/C=C\C(=O)O. The number of carboxylic acid groups (broad SMARTS) is 2. The maximum atomic E-state index is 13.2. The van der Waals surface area contributed by atoms with E-state index in [1.807, 2.05) is 36.4 Å². The number of benzene rings is 2. The Morgan fingerprint density at radius 3 is 2.06 bits per heavy atom. The van der Waals surface area contributed by atoms with E-state index < -0.39 is 11.9 Å². The lowest BCUT2D eigenvalue weighted by Crippen LogP contribution is -2.45. The number of hydrogen-bond donors (Lipinski definition) is 2. The molecule has 33 heavy (non-hydrogen) atoms. The number of carbonyl (C=O) groups is 3. The highest BCUT2D eigenvalue weighted by Crippen LogP contribution is 2.33. The molecule has 0 saturated carbocycles. The van der Waals surface area contributed by atoms with Crippen LogP contribution in [0.15, 0.2) is 60.7 Å². The predicted molar refractivity (Wildman–Crippen MR) is 124 cm³/mol. The summed E-state index contributed by atoms with van der Waals surface area (Å²) in [6.45, 7) is 4.11. The highest BCUT2D eigenvalue weighted by Gasteiger charge is 2.30. The normalized spacial score (nSPS) is 13.9. The van der Waals surface area contributed by atoms with Gasteiger partial charge in [0.15, 0.2) is 5.78 Å². The first-order valence-corrected chi connectivity index (χ1v) is 10.3. The zero-order chi connectivity index (χ0) is 24.1. The van der Waals surface area contributed by atoms with Crippen LogP contribution in [-0.2, 0) is 9.59 Å². The molecule has 2 heterocycles. The quantitative estimate of drug-likeness (QED) is 0.438. The number of likely N-dealkylation sites (tertiary alicyclic amines) is 1. The Hall–Kier alpha value is -3.91. The van der Waals surface area contributed by atoms with Crippen molar-refractivity contribution in [2.75, 3.05) is 27.2 Å². The molecule has 172 valence electrons. The fourth-order valence-corrected chi connectivity index (χ4v) is 4.01. The second kappa shape index (κ2) is 10.1. The Labute approximate surface area is 191 Å². The number of carbonyl (C=O) groups excluding carboxylic acids is 1. The van der Waals surface area contributed by atoms with Crippen molar-refractivity contribution in [3.8, 4) is 5.75 Å². The number of nitrogens with zero attached hydrogens (tertiary/aromatic N) is 2. The van der Waals surface area contributed by atoms with E-state index in [9.17, 15) is 14.4 Å². The highest BCUT2D eigenvalue weighted by atomic mass is 16.5. The minimum Gasteiger partial charge on any atom is -0.497 e. The average Bonchev–Trinajstić information content (AvgIpc) is 3.07. The number of aromatic nitrogens is 1. The number of rotatable bonds is 6. The van der Waals surface area contributed by atoms with Gasteiger partial charge in [0, 0.05) is 47.4 Å². The van der Waals surface area contributed by atoms with Gasteiger partial charge in [0.1, 0.15) is 5.75 Å². The molecule has 8 heteroatoms. The molecule has 4 rings (SSSR count). The van der Waals surface area contributed by atoms with Gasteiger partial charge in [-0.3, -0.25) is 4.79 Å². The molecule has 0 radical (unpaired) electrons. The summed E-state index contributed by atoms with van der Waals surface area (Å²) in [5.74, 6) is -1.68. The Balaban J connectivity index is 0.000000331. The van der Waals surface area contributed by atoms with E-state index in [1.165, 1.54) is 0 Å². The van der Waals surface area contributed by atoms with Gasteiger partial charge in [0.25, 0.3) is 0 Å². The summed E-state index contributed by atoms with van der Waals surface area (Å²) in [7, 11) is 3.76. The van der Waals surface area contributed by atoms with Crippen molar-refractivity contribution in [1.82, 2.24) is 9.47 Å². The van der Waals surface area contributed by atoms with Crippen LogP contribution in [-0.4, -0.2) is 64.6 Å². The van der Waals surface area contributed by atoms with Gasteiger partial charge in [-0.05, 0) is 44.3 Å². The van der Waals surface area contributed by atoms with Crippen molar-refractivity contribution in [3.05, 3.63) is 77.5 Å². The summed E-state index contributed by atoms with van der Waals surface area (Å²) in [4.78, 5) is 34.6. The molecule has 3 aromatic rings. The summed E-state index contributed by atoms with van der Waals surface area (Å²) in [6.07, 6.45) is 1.12. The highest BCUT2D eigenvalue weighted by molar-refractivity contribution is 6.17.